The van der Waals surface area contributed by atoms with Crippen LogP contribution < -0.4 is 5.32 Å². The van der Waals surface area contributed by atoms with E-state index in [4.69, 9.17) is 4.42 Å². The molecule has 0 aliphatic carbocycles. The highest BCUT2D eigenvalue weighted by Gasteiger charge is 2.15. The number of nitrogens with one attached hydrogen (secondary N) is 1. The number of carbonyl (C=O) groups excluding carboxylic acids is 1. The van der Waals surface area contributed by atoms with Crippen LogP contribution in [0.3, 0.4) is 0 Å². The summed E-state index contributed by atoms with van der Waals surface area (Å²) >= 11 is 0. The second-order valence-electron chi connectivity index (χ2n) is 7.93. The lowest BCUT2D eigenvalue weighted by Crippen LogP contribution is -2.23. The minimum atomic E-state index is -0.228. The average molecular weight is 426 g/mol. The Morgan fingerprint density at radius 1 is 0.844 bits per heavy atom. The van der Waals surface area contributed by atoms with Crippen molar-refractivity contribution < 1.29 is 9.21 Å². The van der Waals surface area contributed by atoms with Crippen LogP contribution in [-0.2, 0) is 26.2 Å². The monoisotopic (exact) mass is 425 g/mol. The number of carbonyl (C=O) groups is 1. The van der Waals surface area contributed by atoms with Crippen molar-refractivity contribution in [1.82, 2.24) is 15.2 Å². The first kappa shape index (κ1) is 21.5. The molecule has 162 valence electrons. The van der Waals surface area contributed by atoms with Gasteiger partial charge < -0.3 is 9.73 Å². The first-order chi connectivity index (χ1) is 15.7. The van der Waals surface area contributed by atoms with Crippen molar-refractivity contribution in [2.24, 2.45) is 0 Å². The molecule has 2 aromatic carbocycles. The molecule has 0 bridgehead atoms. The molecule has 1 N–H and O–H groups in total. The molecule has 4 aromatic rings. The Morgan fingerprint density at radius 3 is 2.28 bits per heavy atom. The van der Waals surface area contributed by atoms with E-state index < -0.39 is 0 Å². The van der Waals surface area contributed by atoms with Gasteiger partial charge in [-0.2, -0.15) is 0 Å². The lowest BCUT2D eigenvalue weighted by Gasteiger charge is -2.21. The van der Waals surface area contributed by atoms with Crippen LogP contribution in [0.1, 0.15) is 38.6 Å². The molecule has 2 heterocycles. The van der Waals surface area contributed by atoms with Gasteiger partial charge in [0, 0.05) is 32.0 Å². The smallest absolute Gasteiger partial charge is 0.287 e. The third kappa shape index (κ3) is 6.15. The number of hydrogen-bond donors (Lipinski definition) is 1. The van der Waals surface area contributed by atoms with Crippen LogP contribution >= 0.6 is 0 Å². The molecule has 0 unspecified atom stereocenters. The molecule has 0 saturated carbocycles. The first-order valence-corrected chi connectivity index (χ1v) is 10.7. The summed E-state index contributed by atoms with van der Waals surface area (Å²) in [5.41, 5.74) is 4.67. The van der Waals surface area contributed by atoms with E-state index in [2.05, 4.69) is 70.7 Å². The molecule has 2 aromatic heterocycles. The van der Waals surface area contributed by atoms with Gasteiger partial charge in [-0.1, -0.05) is 66.2 Å². The van der Waals surface area contributed by atoms with Crippen molar-refractivity contribution in [2.75, 3.05) is 0 Å². The van der Waals surface area contributed by atoms with Crippen LogP contribution in [0.5, 0.6) is 0 Å². The van der Waals surface area contributed by atoms with Crippen molar-refractivity contribution in [3.05, 3.63) is 125 Å². The van der Waals surface area contributed by atoms with Crippen LogP contribution in [-0.4, -0.2) is 15.8 Å². The van der Waals surface area contributed by atoms with E-state index in [1.54, 1.807) is 18.5 Å². The standard InChI is InChI=1S/C27H27N3O2/c1-21-9-11-23(12-10-21)19-30(18-22-6-3-2-4-7-22)20-25-13-14-26(32-25)27(31)29-17-24-8-5-15-28-16-24/h2-16H,17-20H2,1H3,(H,29,31). The van der Waals surface area contributed by atoms with Gasteiger partial charge >= 0.3 is 0 Å². The summed E-state index contributed by atoms with van der Waals surface area (Å²) in [6.45, 7) is 4.69. The van der Waals surface area contributed by atoms with Crippen LogP contribution in [0.15, 0.2) is 95.7 Å². The summed E-state index contributed by atoms with van der Waals surface area (Å²) < 4.78 is 5.89. The number of furan rings is 1. The Kier molecular flexibility index (Phi) is 7.10. The summed E-state index contributed by atoms with van der Waals surface area (Å²) in [6, 6.07) is 26.4. The van der Waals surface area contributed by atoms with Crippen LogP contribution in [0.2, 0.25) is 0 Å². The number of nitrogens with zero attached hydrogens (tertiary/aromatic N) is 2. The second-order valence-corrected chi connectivity index (χ2v) is 7.93. The van der Waals surface area contributed by atoms with Gasteiger partial charge in [0.25, 0.3) is 5.91 Å². The van der Waals surface area contributed by atoms with Gasteiger partial charge in [0.1, 0.15) is 5.76 Å². The zero-order valence-corrected chi connectivity index (χ0v) is 18.2. The number of amides is 1. The topological polar surface area (TPSA) is 58.4 Å². The fourth-order valence-corrected chi connectivity index (χ4v) is 3.54. The maximum absolute atomic E-state index is 12.5. The highest BCUT2D eigenvalue weighted by atomic mass is 16.4. The van der Waals surface area contributed by atoms with Crippen molar-refractivity contribution in [1.29, 1.82) is 0 Å². The Labute approximate surface area is 188 Å². The van der Waals surface area contributed by atoms with E-state index in [0.29, 0.717) is 18.8 Å². The van der Waals surface area contributed by atoms with Gasteiger partial charge in [-0.25, -0.2) is 0 Å². The third-order valence-corrected chi connectivity index (χ3v) is 5.22. The van der Waals surface area contributed by atoms with E-state index in [1.165, 1.54) is 16.7 Å². The lowest BCUT2D eigenvalue weighted by atomic mass is 10.1. The van der Waals surface area contributed by atoms with Crippen molar-refractivity contribution >= 4 is 5.91 Å². The Morgan fingerprint density at radius 2 is 1.56 bits per heavy atom. The molecule has 5 heteroatoms. The second kappa shape index (κ2) is 10.6. The van der Waals surface area contributed by atoms with Gasteiger partial charge in [0.15, 0.2) is 5.76 Å². The molecule has 0 radical (unpaired) electrons. The zero-order valence-electron chi connectivity index (χ0n) is 18.2. The molecule has 0 aliphatic heterocycles. The van der Waals surface area contributed by atoms with E-state index in [9.17, 15) is 4.79 Å². The van der Waals surface area contributed by atoms with Crippen LogP contribution in [0, 0.1) is 6.92 Å². The molecule has 4 rings (SSSR count). The number of aryl methyl sites for hydroxylation is 1. The van der Waals surface area contributed by atoms with Crippen molar-refractivity contribution in [2.45, 2.75) is 33.1 Å². The molecule has 0 spiro atoms. The minimum absolute atomic E-state index is 0.228. The molecular weight excluding hydrogens is 398 g/mol. The summed E-state index contributed by atoms with van der Waals surface area (Å²) in [6.07, 6.45) is 3.45. The van der Waals surface area contributed by atoms with Gasteiger partial charge in [-0.05, 0) is 41.8 Å². The summed E-state index contributed by atoms with van der Waals surface area (Å²) in [7, 11) is 0. The van der Waals surface area contributed by atoms with Gasteiger partial charge in [-0.3, -0.25) is 14.7 Å². The SMILES string of the molecule is Cc1ccc(CN(Cc2ccccc2)Cc2ccc(C(=O)NCc3cccnc3)o2)cc1. The molecule has 0 aliphatic rings. The van der Waals surface area contributed by atoms with E-state index in [-0.39, 0.29) is 5.91 Å². The number of pyridine rings is 1. The predicted molar refractivity (Wildman–Crippen MR) is 125 cm³/mol. The predicted octanol–water partition coefficient (Wildman–Crippen LogP) is 5.12. The molecule has 5 nitrogen and oxygen atoms in total. The lowest BCUT2D eigenvalue weighted by molar-refractivity contribution is 0.0918. The van der Waals surface area contributed by atoms with Crippen LogP contribution in [0.4, 0.5) is 0 Å². The summed E-state index contributed by atoms with van der Waals surface area (Å²) in [4.78, 5) is 18.9. The molecule has 0 fully saturated rings. The van der Waals surface area contributed by atoms with Crippen molar-refractivity contribution in [3.63, 3.8) is 0 Å². The van der Waals surface area contributed by atoms with Crippen molar-refractivity contribution in [3.8, 4) is 0 Å². The molecular formula is C27H27N3O2. The normalized spacial score (nSPS) is 10.9. The Balaban J connectivity index is 1.42. The van der Waals surface area contributed by atoms with E-state index in [1.807, 2.05) is 24.3 Å². The van der Waals surface area contributed by atoms with Crippen LogP contribution in [0.25, 0.3) is 0 Å². The Bertz CT molecular complexity index is 1120. The van der Waals surface area contributed by atoms with E-state index in [0.717, 1.165) is 24.4 Å². The fraction of sp³-hybridized carbons (Fsp3) is 0.185. The van der Waals surface area contributed by atoms with Gasteiger partial charge in [0.05, 0.1) is 6.54 Å². The van der Waals surface area contributed by atoms with Gasteiger partial charge in [0.2, 0.25) is 0 Å². The third-order valence-electron chi connectivity index (χ3n) is 5.22. The van der Waals surface area contributed by atoms with Gasteiger partial charge in [-0.15, -0.1) is 0 Å². The maximum atomic E-state index is 12.5. The highest BCUT2D eigenvalue weighted by molar-refractivity contribution is 5.91. The molecule has 0 saturated heterocycles. The fourth-order valence-electron chi connectivity index (χ4n) is 3.54. The number of aromatic nitrogens is 1. The molecule has 0 atom stereocenters. The molecule has 1 amide bonds. The number of benzene rings is 2. The quantitative estimate of drug-likeness (QED) is 0.405. The number of hydrogen-bond acceptors (Lipinski definition) is 4. The average Bonchev–Trinajstić information content (AvgIpc) is 3.29. The number of rotatable bonds is 9. The van der Waals surface area contributed by atoms with E-state index >= 15 is 0 Å². The zero-order chi connectivity index (χ0) is 22.2. The first-order valence-electron chi connectivity index (χ1n) is 10.7. The summed E-state index contributed by atoms with van der Waals surface area (Å²) in [5, 5.41) is 2.88. The largest absolute Gasteiger partial charge is 0.455 e. The highest BCUT2D eigenvalue weighted by Crippen LogP contribution is 2.17. The summed E-state index contributed by atoms with van der Waals surface area (Å²) in [5.74, 6) is 0.853. The maximum Gasteiger partial charge on any atom is 0.287 e. The minimum Gasteiger partial charge on any atom is -0.455 e. The Hall–Kier alpha value is -3.70. The molecule has 32 heavy (non-hydrogen) atoms.